The Morgan fingerprint density at radius 1 is 1.43 bits per heavy atom. The lowest BCUT2D eigenvalue weighted by Gasteiger charge is -2.24. The molecule has 1 unspecified atom stereocenters. The molecule has 6 nitrogen and oxygen atoms in total. The molecular weight excluding hydrogens is 268 g/mol. The van der Waals surface area contributed by atoms with Crippen molar-refractivity contribution in [2.75, 3.05) is 19.6 Å². The van der Waals surface area contributed by atoms with Gasteiger partial charge in [0.15, 0.2) is 0 Å². The molecule has 21 heavy (non-hydrogen) atoms. The molecule has 116 valence electrons. The van der Waals surface area contributed by atoms with Crippen LogP contribution in [0.25, 0.3) is 0 Å². The van der Waals surface area contributed by atoms with Crippen LogP contribution in [-0.2, 0) is 11.2 Å². The molecule has 0 aromatic carbocycles. The standard InChI is InChI=1S/C15H24N4O2/c1-15(2,3)21-14(20)19-7-5-11(10-19)12-8-17-13(4-6-16)18-9-12/h8-9,11H,4-7,10,16H2,1-3H3. The van der Waals surface area contributed by atoms with Crippen LogP contribution in [0.4, 0.5) is 4.79 Å². The third kappa shape index (κ3) is 4.39. The summed E-state index contributed by atoms with van der Waals surface area (Å²) in [6.45, 7) is 7.56. The Balaban J connectivity index is 1.94. The maximum absolute atomic E-state index is 12.0. The molecule has 0 bridgehead atoms. The van der Waals surface area contributed by atoms with Gasteiger partial charge >= 0.3 is 6.09 Å². The zero-order valence-electron chi connectivity index (χ0n) is 13.0. The van der Waals surface area contributed by atoms with Gasteiger partial charge in [-0.1, -0.05) is 0 Å². The van der Waals surface area contributed by atoms with Gasteiger partial charge < -0.3 is 15.4 Å². The number of hydrogen-bond donors (Lipinski definition) is 1. The first-order valence-electron chi connectivity index (χ1n) is 7.38. The van der Waals surface area contributed by atoms with Gasteiger partial charge in [0, 0.05) is 37.8 Å². The number of amides is 1. The van der Waals surface area contributed by atoms with E-state index in [0.29, 0.717) is 26.1 Å². The number of ether oxygens (including phenoxy) is 1. The van der Waals surface area contributed by atoms with Gasteiger partial charge in [0.2, 0.25) is 0 Å². The van der Waals surface area contributed by atoms with Gasteiger partial charge in [-0.2, -0.15) is 0 Å². The summed E-state index contributed by atoms with van der Waals surface area (Å²) in [6.07, 6.45) is 5.06. The van der Waals surface area contributed by atoms with Gasteiger partial charge in [-0.25, -0.2) is 14.8 Å². The van der Waals surface area contributed by atoms with E-state index in [2.05, 4.69) is 9.97 Å². The van der Waals surface area contributed by atoms with Crippen LogP contribution in [0.15, 0.2) is 12.4 Å². The van der Waals surface area contributed by atoms with Crippen molar-refractivity contribution in [3.05, 3.63) is 23.8 Å². The number of hydrogen-bond acceptors (Lipinski definition) is 5. The van der Waals surface area contributed by atoms with Crippen LogP contribution in [-0.4, -0.2) is 46.2 Å². The van der Waals surface area contributed by atoms with Crippen LogP contribution in [0.2, 0.25) is 0 Å². The van der Waals surface area contributed by atoms with E-state index in [1.807, 2.05) is 33.2 Å². The molecule has 1 saturated heterocycles. The SMILES string of the molecule is CC(C)(C)OC(=O)N1CCC(c2cnc(CCN)nc2)C1. The van der Waals surface area contributed by atoms with Gasteiger partial charge in [0.05, 0.1) is 0 Å². The van der Waals surface area contributed by atoms with E-state index in [0.717, 1.165) is 17.8 Å². The van der Waals surface area contributed by atoms with E-state index in [1.54, 1.807) is 4.90 Å². The van der Waals surface area contributed by atoms with Crippen molar-refractivity contribution in [3.63, 3.8) is 0 Å². The van der Waals surface area contributed by atoms with E-state index in [1.165, 1.54) is 0 Å². The van der Waals surface area contributed by atoms with E-state index in [9.17, 15) is 4.79 Å². The molecule has 0 spiro atoms. The molecule has 1 fully saturated rings. The van der Waals surface area contributed by atoms with Crippen LogP contribution >= 0.6 is 0 Å². The van der Waals surface area contributed by atoms with Crippen LogP contribution in [0, 0.1) is 0 Å². The highest BCUT2D eigenvalue weighted by molar-refractivity contribution is 5.68. The van der Waals surface area contributed by atoms with E-state index in [-0.39, 0.29) is 12.0 Å². The normalized spacial score (nSPS) is 18.9. The molecule has 0 aliphatic carbocycles. The fourth-order valence-corrected chi connectivity index (χ4v) is 2.36. The van der Waals surface area contributed by atoms with Gasteiger partial charge in [0.1, 0.15) is 11.4 Å². The molecule has 1 aromatic rings. The lowest BCUT2D eigenvalue weighted by atomic mass is 10.0. The van der Waals surface area contributed by atoms with Crippen molar-refractivity contribution in [2.24, 2.45) is 5.73 Å². The summed E-state index contributed by atoms with van der Waals surface area (Å²) in [7, 11) is 0. The Morgan fingerprint density at radius 2 is 2.10 bits per heavy atom. The Labute approximate surface area is 125 Å². The lowest BCUT2D eigenvalue weighted by molar-refractivity contribution is 0.0292. The van der Waals surface area contributed by atoms with Gasteiger partial charge in [-0.15, -0.1) is 0 Å². The highest BCUT2D eigenvalue weighted by Gasteiger charge is 2.30. The molecule has 2 heterocycles. The summed E-state index contributed by atoms with van der Waals surface area (Å²) in [6, 6.07) is 0. The predicted octanol–water partition coefficient (Wildman–Crippen LogP) is 1.70. The first-order valence-corrected chi connectivity index (χ1v) is 7.38. The quantitative estimate of drug-likeness (QED) is 0.917. The maximum atomic E-state index is 12.0. The third-order valence-electron chi connectivity index (χ3n) is 3.40. The molecule has 2 N–H and O–H groups in total. The van der Waals surface area contributed by atoms with E-state index < -0.39 is 5.60 Å². The average molecular weight is 292 g/mol. The molecule has 0 radical (unpaired) electrons. The monoisotopic (exact) mass is 292 g/mol. The van der Waals surface area contributed by atoms with E-state index >= 15 is 0 Å². The van der Waals surface area contributed by atoms with Crippen molar-refractivity contribution >= 4 is 6.09 Å². The van der Waals surface area contributed by atoms with Crippen LogP contribution in [0.3, 0.4) is 0 Å². The Morgan fingerprint density at radius 3 is 2.67 bits per heavy atom. The Hall–Kier alpha value is -1.69. The Kier molecular flexibility index (Phi) is 4.77. The summed E-state index contributed by atoms with van der Waals surface area (Å²) < 4.78 is 5.40. The highest BCUT2D eigenvalue weighted by atomic mass is 16.6. The highest BCUT2D eigenvalue weighted by Crippen LogP contribution is 2.27. The number of nitrogens with zero attached hydrogens (tertiary/aromatic N) is 3. The number of rotatable bonds is 3. The molecule has 1 aliphatic rings. The smallest absolute Gasteiger partial charge is 0.410 e. The zero-order valence-corrected chi connectivity index (χ0v) is 13.0. The summed E-state index contributed by atoms with van der Waals surface area (Å²) in [4.78, 5) is 22.4. The van der Waals surface area contributed by atoms with Crippen molar-refractivity contribution in [3.8, 4) is 0 Å². The predicted molar refractivity (Wildman–Crippen MR) is 80.0 cm³/mol. The largest absolute Gasteiger partial charge is 0.444 e. The van der Waals surface area contributed by atoms with Crippen LogP contribution in [0.5, 0.6) is 0 Å². The van der Waals surface area contributed by atoms with Crippen molar-refractivity contribution < 1.29 is 9.53 Å². The third-order valence-corrected chi connectivity index (χ3v) is 3.40. The summed E-state index contributed by atoms with van der Waals surface area (Å²) in [5.74, 6) is 1.05. The molecule has 1 atom stereocenters. The fraction of sp³-hybridized carbons (Fsp3) is 0.667. The molecule has 1 amide bonds. The lowest BCUT2D eigenvalue weighted by Crippen LogP contribution is -2.35. The maximum Gasteiger partial charge on any atom is 0.410 e. The van der Waals surface area contributed by atoms with Crippen molar-refractivity contribution in [1.29, 1.82) is 0 Å². The summed E-state index contributed by atoms with van der Waals surface area (Å²) in [5, 5.41) is 0. The number of carbonyl (C=O) groups excluding carboxylic acids is 1. The molecule has 1 aliphatic heterocycles. The first kappa shape index (κ1) is 15.7. The molecule has 2 rings (SSSR count). The minimum atomic E-state index is -0.456. The van der Waals surface area contributed by atoms with E-state index in [4.69, 9.17) is 10.5 Å². The second kappa shape index (κ2) is 6.39. The zero-order chi connectivity index (χ0) is 15.5. The second-order valence-corrected chi connectivity index (χ2v) is 6.38. The number of aromatic nitrogens is 2. The van der Waals surface area contributed by atoms with Gasteiger partial charge in [0.25, 0.3) is 0 Å². The number of nitrogens with two attached hydrogens (primary N) is 1. The molecule has 1 aromatic heterocycles. The summed E-state index contributed by atoms with van der Waals surface area (Å²) >= 11 is 0. The Bertz CT molecular complexity index is 481. The minimum absolute atomic E-state index is 0.245. The molecule has 0 saturated carbocycles. The average Bonchev–Trinajstić information content (AvgIpc) is 2.88. The number of carbonyl (C=O) groups is 1. The fourth-order valence-electron chi connectivity index (χ4n) is 2.36. The minimum Gasteiger partial charge on any atom is -0.444 e. The van der Waals surface area contributed by atoms with Crippen molar-refractivity contribution in [2.45, 2.75) is 45.1 Å². The topological polar surface area (TPSA) is 81.3 Å². The summed E-state index contributed by atoms with van der Waals surface area (Å²) in [5.41, 5.74) is 6.10. The molecular formula is C15H24N4O2. The van der Waals surface area contributed by atoms with Crippen molar-refractivity contribution in [1.82, 2.24) is 14.9 Å². The number of likely N-dealkylation sites (tertiary alicyclic amines) is 1. The van der Waals surface area contributed by atoms with Crippen LogP contribution < -0.4 is 5.73 Å². The van der Waals surface area contributed by atoms with Crippen LogP contribution in [0.1, 0.15) is 44.5 Å². The van der Waals surface area contributed by atoms with Gasteiger partial charge in [-0.3, -0.25) is 0 Å². The molecule has 6 heteroatoms. The first-order chi connectivity index (χ1) is 9.89. The second-order valence-electron chi connectivity index (χ2n) is 6.38. The van der Waals surface area contributed by atoms with Gasteiger partial charge in [-0.05, 0) is 39.3 Å².